The highest BCUT2D eigenvalue weighted by atomic mass is 79.9. The summed E-state index contributed by atoms with van der Waals surface area (Å²) in [6.45, 7) is 2.16. The molecule has 0 unspecified atom stereocenters. The van der Waals surface area contributed by atoms with E-state index in [0.717, 1.165) is 27.6 Å². The van der Waals surface area contributed by atoms with Crippen LogP contribution >= 0.6 is 28.1 Å². The van der Waals surface area contributed by atoms with Crippen LogP contribution in [0.5, 0.6) is 0 Å². The quantitative estimate of drug-likeness (QED) is 0.840. The van der Waals surface area contributed by atoms with E-state index in [0.29, 0.717) is 0 Å². The van der Waals surface area contributed by atoms with E-state index in [4.69, 9.17) is 12.2 Å². The van der Waals surface area contributed by atoms with Crippen LogP contribution in [0.15, 0.2) is 34.8 Å². The second-order valence-electron chi connectivity index (χ2n) is 3.68. The Labute approximate surface area is 108 Å². The molecule has 1 heterocycles. The molecule has 1 aromatic carbocycles. The van der Waals surface area contributed by atoms with Gasteiger partial charge in [-0.05, 0) is 36.8 Å². The van der Waals surface area contributed by atoms with Crippen LogP contribution in [0.2, 0.25) is 0 Å². The fraction of sp³-hybridized carbons (Fsp3) is 0.250. The van der Waals surface area contributed by atoms with Crippen molar-refractivity contribution in [1.29, 1.82) is 0 Å². The van der Waals surface area contributed by atoms with Crippen molar-refractivity contribution in [2.75, 3.05) is 0 Å². The highest BCUT2D eigenvalue weighted by Crippen LogP contribution is 2.15. The summed E-state index contributed by atoms with van der Waals surface area (Å²) in [5, 5.41) is 3.32. The van der Waals surface area contributed by atoms with Crippen molar-refractivity contribution >= 4 is 28.1 Å². The maximum atomic E-state index is 5.32. The number of hydrogen-bond acceptors (Lipinski definition) is 1. The van der Waals surface area contributed by atoms with Crippen molar-refractivity contribution < 1.29 is 0 Å². The predicted octanol–water partition coefficient (Wildman–Crippen LogP) is 4.25. The number of benzene rings is 1. The topological polar surface area (TPSA) is 20.7 Å². The van der Waals surface area contributed by atoms with Gasteiger partial charge in [0.25, 0.3) is 0 Å². The summed E-state index contributed by atoms with van der Waals surface area (Å²) in [5.74, 6) is 0. The molecule has 0 aliphatic heterocycles. The van der Waals surface area contributed by atoms with Crippen molar-refractivity contribution in [3.05, 3.63) is 45.1 Å². The molecule has 0 saturated carbocycles. The summed E-state index contributed by atoms with van der Waals surface area (Å²) in [4.78, 5) is 0. The molecule has 2 rings (SSSR count). The van der Waals surface area contributed by atoms with Gasteiger partial charge in [0.2, 0.25) is 0 Å². The van der Waals surface area contributed by atoms with E-state index >= 15 is 0 Å². The minimum atomic E-state index is 0.825. The van der Waals surface area contributed by atoms with Crippen LogP contribution in [0.25, 0.3) is 5.69 Å². The normalized spacial score (nSPS) is 10.6. The molecule has 0 spiro atoms. The molecule has 2 aromatic rings. The van der Waals surface area contributed by atoms with Gasteiger partial charge in [-0.15, -0.1) is 0 Å². The zero-order chi connectivity index (χ0) is 11.5. The van der Waals surface area contributed by atoms with Gasteiger partial charge in [0.15, 0.2) is 0 Å². The molecule has 0 aliphatic carbocycles. The maximum absolute atomic E-state index is 5.32. The lowest BCUT2D eigenvalue weighted by Crippen LogP contribution is -1.97. The average molecular weight is 297 g/mol. The van der Waals surface area contributed by atoms with Gasteiger partial charge in [0, 0.05) is 10.2 Å². The zero-order valence-electron chi connectivity index (χ0n) is 9.03. The number of aromatic nitrogens is 2. The Balaban J connectivity index is 2.40. The Kier molecular flexibility index (Phi) is 3.61. The number of H-pyrrole nitrogens is 1. The summed E-state index contributed by atoms with van der Waals surface area (Å²) in [7, 11) is 0. The van der Waals surface area contributed by atoms with Gasteiger partial charge in [0.1, 0.15) is 4.64 Å². The van der Waals surface area contributed by atoms with Crippen LogP contribution in [-0.2, 0) is 6.42 Å². The standard InChI is InChI=1S/C12H13BrN2S/c1-2-3-10-8-12(16)15(14-10)11-6-4-9(13)5-7-11/h4-8,14H,2-3H2,1H3. The molecule has 0 saturated heterocycles. The van der Waals surface area contributed by atoms with E-state index in [1.54, 1.807) is 0 Å². The number of hydrogen-bond donors (Lipinski definition) is 1. The SMILES string of the molecule is CCCc1cc(=S)n(-c2ccc(Br)cc2)[nH]1. The van der Waals surface area contributed by atoms with E-state index < -0.39 is 0 Å². The number of halogens is 1. The lowest BCUT2D eigenvalue weighted by Gasteiger charge is -2.02. The number of rotatable bonds is 3. The molecule has 1 N–H and O–H groups in total. The molecule has 0 aliphatic rings. The molecule has 0 bridgehead atoms. The fourth-order valence-electron chi connectivity index (χ4n) is 1.62. The molecule has 1 aromatic heterocycles. The van der Waals surface area contributed by atoms with Crippen molar-refractivity contribution in [3.63, 3.8) is 0 Å². The van der Waals surface area contributed by atoms with Gasteiger partial charge in [-0.2, -0.15) is 0 Å². The van der Waals surface area contributed by atoms with Crippen LogP contribution in [-0.4, -0.2) is 9.78 Å². The first-order valence-electron chi connectivity index (χ1n) is 5.27. The fourth-order valence-corrected chi connectivity index (χ4v) is 2.18. The third-order valence-corrected chi connectivity index (χ3v) is 3.21. The highest BCUT2D eigenvalue weighted by molar-refractivity contribution is 9.10. The summed E-state index contributed by atoms with van der Waals surface area (Å²) >= 11 is 8.74. The maximum Gasteiger partial charge on any atom is 0.127 e. The molecule has 16 heavy (non-hydrogen) atoms. The Morgan fingerprint density at radius 2 is 2.00 bits per heavy atom. The Bertz CT molecular complexity index is 525. The van der Waals surface area contributed by atoms with Crippen molar-refractivity contribution in [2.24, 2.45) is 0 Å². The third-order valence-electron chi connectivity index (χ3n) is 2.38. The van der Waals surface area contributed by atoms with Crippen LogP contribution < -0.4 is 0 Å². The van der Waals surface area contributed by atoms with Gasteiger partial charge in [-0.25, -0.2) is 4.68 Å². The first-order valence-corrected chi connectivity index (χ1v) is 6.47. The first-order chi connectivity index (χ1) is 7.70. The van der Waals surface area contributed by atoms with E-state index in [2.05, 4.69) is 28.0 Å². The number of nitrogens with one attached hydrogen (secondary N) is 1. The van der Waals surface area contributed by atoms with Gasteiger partial charge in [0.05, 0.1) is 5.69 Å². The van der Waals surface area contributed by atoms with E-state index in [1.807, 2.05) is 35.0 Å². The molecule has 0 atom stereocenters. The molecule has 2 nitrogen and oxygen atoms in total. The van der Waals surface area contributed by atoms with Gasteiger partial charge < -0.3 is 0 Å². The second kappa shape index (κ2) is 4.97. The molecule has 0 amide bonds. The molecular weight excluding hydrogens is 284 g/mol. The predicted molar refractivity (Wildman–Crippen MR) is 72.6 cm³/mol. The monoisotopic (exact) mass is 296 g/mol. The number of aryl methyl sites for hydroxylation is 1. The van der Waals surface area contributed by atoms with E-state index in [-0.39, 0.29) is 0 Å². The molecule has 0 fully saturated rings. The third kappa shape index (κ3) is 2.44. The van der Waals surface area contributed by atoms with E-state index in [1.165, 1.54) is 5.69 Å². The van der Waals surface area contributed by atoms with Crippen LogP contribution in [0.3, 0.4) is 0 Å². The molecule has 84 valence electrons. The van der Waals surface area contributed by atoms with Gasteiger partial charge >= 0.3 is 0 Å². The zero-order valence-corrected chi connectivity index (χ0v) is 11.4. The Morgan fingerprint density at radius 3 is 2.62 bits per heavy atom. The van der Waals surface area contributed by atoms with Crippen molar-refractivity contribution in [2.45, 2.75) is 19.8 Å². The van der Waals surface area contributed by atoms with Gasteiger partial charge in [-0.1, -0.05) is 41.5 Å². The van der Waals surface area contributed by atoms with Crippen LogP contribution in [0.4, 0.5) is 0 Å². The summed E-state index contributed by atoms with van der Waals surface area (Å²) in [6, 6.07) is 10.1. The smallest absolute Gasteiger partial charge is 0.127 e. The van der Waals surface area contributed by atoms with Crippen molar-refractivity contribution in [3.8, 4) is 5.69 Å². The Morgan fingerprint density at radius 1 is 1.31 bits per heavy atom. The minimum Gasteiger partial charge on any atom is -0.297 e. The van der Waals surface area contributed by atoms with Crippen molar-refractivity contribution in [1.82, 2.24) is 9.78 Å². The van der Waals surface area contributed by atoms with E-state index in [9.17, 15) is 0 Å². The highest BCUT2D eigenvalue weighted by Gasteiger charge is 2.01. The number of nitrogens with zero attached hydrogens (tertiary/aromatic N) is 1. The lowest BCUT2D eigenvalue weighted by atomic mass is 10.3. The average Bonchev–Trinajstić information content (AvgIpc) is 2.61. The molecular formula is C12H13BrN2S. The Hall–Kier alpha value is -0.870. The second-order valence-corrected chi connectivity index (χ2v) is 5.02. The van der Waals surface area contributed by atoms with Gasteiger partial charge in [-0.3, -0.25) is 5.10 Å². The number of aromatic amines is 1. The summed E-state index contributed by atoms with van der Waals surface area (Å²) in [5.41, 5.74) is 2.26. The largest absolute Gasteiger partial charge is 0.297 e. The summed E-state index contributed by atoms with van der Waals surface area (Å²) in [6.07, 6.45) is 2.16. The van der Waals surface area contributed by atoms with Crippen LogP contribution in [0.1, 0.15) is 19.0 Å². The molecule has 4 heteroatoms. The van der Waals surface area contributed by atoms with Crippen LogP contribution in [0, 0.1) is 4.64 Å². The first kappa shape index (κ1) is 11.6. The summed E-state index contributed by atoms with van der Waals surface area (Å²) < 4.78 is 3.83. The lowest BCUT2D eigenvalue weighted by molar-refractivity contribution is 0.802. The molecule has 0 radical (unpaired) electrons. The minimum absolute atomic E-state index is 0.825.